The van der Waals surface area contributed by atoms with Gasteiger partial charge in [0.05, 0.1) is 16.5 Å². The Morgan fingerprint density at radius 2 is 2.04 bits per heavy atom. The predicted octanol–water partition coefficient (Wildman–Crippen LogP) is 5.07. The van der Waals surface area contributed by atoms with Crippen molar-refractivity contribution in [3.05, 3.63) is 58.9 Å². The zero-order valence-corrected chi connectivity index (χ0v) is 16.1. The number of para-hydroxylation sites is 1. The van der Waals surface area contributed by atoms with Crippen molar-refractivity contribution in [2.75, 3.05) is 0 Å². The number of aryl methyl sites for hydroxylation is 2. The highest BCUT2D eigenvalue weighted by molar-refractivity contribution is 8.00. The molecule has 0 saturated heterocycles. The molecule has 3 aromatic rings. The fraction of sp³-hybridized carbons (Fsp3) is 0.318. The summed E-state index contributed by atoms with van der Waals surface area (Å²) in [5.74, 6) is 0.0248. The van der Waals surface area contributed by atoms with Crippen molar-refractivity contribution in [1.29, 1.82) is 5.26 Å². The fourth-order valence-electron chi connectivity index (χ4n) is 3.61. The third-order valence-corrected chi connectivity index (χ3v) is 6.19. The molecule has 0 bridgehead atoms. The average molecular weight is 375 g/mol. The molecule has 2 aromatic heterocycles. The molecule has 2 heterocycles. The highest BCUT2D eigenvalue weighted by Gasteiger charge is 2.22. The van der Waals surface area contributed by atoms with E-state index in [2.05, 4.69) is 11.1 Å². The summed E-state index contributed by atoms with van der Waals surface area (Å²) in [6.07, 6.45) is 5.45. The summed E-state index contributed by atoms with van der Waals surface area (Å²) in [4.78, 5) is 20.9. The number of pyridine rings is 1. The molecule has 1 atom stereocenters. The van der Waals surface area contributed by atoms with Gasteiger partial charge in [0.25, 0.3) is 0 Å². The Balaban J connectivity index is 1.60. The van der Waals surface area contributed by atoms with Crippen LogP contribution in [0.2, 0.25) is 0 Å². The first-order valence-electron chi connectivity index (χ1n) is 9.37. The Labute approximate surface area is 163 Å². The van der Waals surface area contributed by atoms with E-state index in [4.69, 9.17) is 4.98 Å². The molecular formula is C22H21N3OS. The lowest BCUT2D eigenvalue weighted by molar-refractivity contribution is 0.0990. The van der Waals surface area contributed by atoms with Crippen LogP contribution in [0, 0.1) is 11.3 Å². The van der Waals surface area contributed by atoms with Crippen molar-refractivity contribution in [3.63, 3.8) is 0 Å². The predicted molar refractivity (Wildman–Crippen MR) is 108 cm³/mol. The monoisotopic (exact) mass is 375 g/mol. The Morgan fingerprint density at radius 3 is 2.85 bits per heavy atom. The van der Waals surface area contributed by atoms with Gasteiger partial charge in [-0.1, -0.05) is 36.4 Å². The third-order valence-electron chi connectivity index (χ3n) is 5.09. The lowest BCUT2D eigenvalue weighted by Gasteiger charge is -2.13. The van der Waals surface area contributed by atoms with Gasteiger partial charge in [-0.3, -0.25) is 4.79 Å². The number of fused-ring (bicyclic) bond motifs is 2. The number of aromatic amines is 1. The molecule has 0 saturated carbocycles. The van der Waals surface area contributed by atoms with Crippen LogP contribution in [0.15, 0.2) is 41.4 Å². The number of rotatable bonds is 4. The van der Waals surface area contributed by atoms with Crippen LogP contribution in [0.5, 0.6) is 0 Å². The molecule has 5 heteroatoms. The van der Waals surface area contributed by atoms with E-state index in [0.29, 0.717) is 16.3 Å². The number of carbonyl (C=O) groups excluding carboxylic acids is 1. The molecule has 0 radical (unpaired) electrons. The van der Waals surface area contributed by atoms with Crippen molar-refractivity contribution in [2.24, 2.45) is 0 Å². The van der Waals surface area contributed by atoms with Crippen LogP contribution in [-0.2, 0) is 12.8 Å². The van der Waals surface area contributed by atoms with E-state index in [0.717, 1.165) is 42.3 Å². The second-order valence-corrected chi connectivity index (χ2v) is 8.34. The van der Waals surface area contributed by atoms with Gasteiger partial charge in [-0.25, -0.2) is 4.98 Å². The molecule has 136 valence electrons. The van der Waals surface area contributed by atoms with E-state index in [1.165, 1.54) is 23.7 Å². The molecule has 4 nitrogen and oxygen atoms in total. The van der Waals surface area contributed by atoms with Gasteiger partial charge in [-0.05, 0) is 56.4 Å². The van der Waals surface area contributed by atoms with Gasteiger partial charge < -0.3 is 4.98 Å². The lowest BCUT2D eigenvalue weighted by Crippen LogP contribution is -2.15. The quantitative estimate of drug-likeness (QED) is 0.393. The van der Waals surface area contributed by atoms with Crippen LogP contribution in [0.3, 0.4) is 0 Å². The second-order valence-electron chi connectivity index (χ2n) is 7.01. The van der Waals surface area contributed by atoms with Gasteiger partial charge in [-0.2, -0.15) is 5.26 Å². The first-order valence-corrected chi connectivity index (χ1v) is 10.2. The summed E-state index contributed by atoms with van der Waals surface area (Å²) < 4.78 is 0. The van der Waals surface area contributed by atoms with E-state index in [-0.39, 0.29) is 11.0 Å². The number of nitrogens with one attached hydrogen (secondary N) is 1. The average Bonchev–Trinajstić information content (AvgIpc) is 2.99. The van der Waals surface area contributed by atoms with Gasteiger partial charge in [0.15, 0.2) is 5.78 Å². The number of aromatic nitrogens is 2. The zero-order valence-electron chi connectivity index (χ0n) is 15.3. The van der Waals surface area contributed by atoms with Crippen molar-refractivity contribution in [2.45, 2.75) is 49.3 Å². The van der Waals surface area contributed by atoms with Crippen LogP contribution >= 0.6 is 11.8 Å². The number of carbonyl (C=O) groups is 1. The smallest absolute Gasteiger partial charge is 0.192 e. The second kappa shape index (κ2) is 7.58. The molecule has 1 unspecified atom stereocenters. The molecule has 0 spiro atoms. The summed E-state index contributed by atoms with van der Waals surface area (Å²) in [6.45, 7) is 1.88. The highest BCUT2D eigenvalue weighted by Crippen LogP contribution is 2.31. The largest absolute Gasteiger partial charge is 0.352 e. The molecule has 0 amide bonds. The van der Waals surface area contributed by atoms with Gasteiger partial charge in [0, 0.05) is 16.6 Å². The number of Topliss-reactive ketones (excluding diaryl/α,β-unsaturated/α-hetero) is 1. The third kappa shape index (κ3) is 3.63. The summed E-state index contributed by atoms with van der Waals surface area (Å²) in [7, 11) is 0. The summed E-state index contributed by atoms with van der Waals surface area (Å²) >= 11 is 1.38. The van der Waals surface area contributed by atoms with E-state index in [1.54, 1.807) is 0 Å². The molecule has 4 rings (SSSR count). The Morgan fingerprint density at radius 1 is 1.22 bits per heavy atom. The Hall–Kier alpha value is -2.58. The minimum atomic E-state index is -0.318. The van der Waals surface area contributed by atoms with E-state index in [9.17, 15) is 10.1 Å². The Kier molecular flexibility index (Phi) is 5.00. The maximum Gasteiger partial charge on any atom is 0.192 e. The molecular weight excluding hydrogens is 354 g/mol. The van der Waals surface area contributed by atoms with E-state index >= 15 is 0 Å². The number of benzene rings is 1. The highest BCUT2D eigenvalue weighted by atomic mass is 32.2. The lowest BCUT2D eigenvalue weighted by atomic mass is 10.1. The molecule has 1 aliphatic rings. The first-order chi connectivity index (χ1) is 13.2. The number of nitrogens with zero attached hydrogens (tertiary/aromatic N) is 2. The minimum absolute atomic E-state index is 0.0248. The molecule has 0 aliphatic heterocycles. The number of H-pyrrole nitrogens is 1. The van der Waals surface area contributed by atoms with E-state index < -0.39 is 0 Å². The van der Waals surface area contributed by atoms with Crippen molar-refractivity contribution in [3.8, 4) is 6.07 Å². The number of hydrogen-bond acceptors (Lipinski definition) is 4. The molecule has 1 N–H and O–H groups in total. The maximum absolute atomic E-state index is 12.9. The van der Waals surface area contributed by atoms with Crippen molar-refractivity contribution >= 4 is 28.4 Å². The van der Waals surface area contributed by atoms with Gasteiger partial charge in [-0.15, -0.1) is 0 Å². The van der Waals surface area contributed by atoms with Gasteiger partial charge >= 0.3 is 0 Å². The molecule has 1 aliphatic carbocycles. The summed E-state index contributed by atoms with van der Waals surface area (Å²) in [6, 6.07) is 14.0. The van der Waals surface area contributed by atoms with Crippen LogP contribution < -0.4 is 0 Å². The number of ketones is 1. The topological polar surface area (TPSA) is 69.5 Å². The van der Waals surface area contributed by atoms with Gasteiger partial charge in [0.2, 0.25) is 0 Å². The van der Waals surface area contributed by atoms with Crippen molar-refractivity contribution < 1.29 is 4.79 Å². The summed E-state index contributed by atoms with van der Waals surface area (Å²) in [5, 5.41) is 10.9. The number of hydrogen-bond donors (Lipinski definition) is 1. The number of thioether (sulfide) groups is 1. The molecule has 1 aromatic carbocycles. The van der Waals surface area contributed by atoms with Crippen LogP contribution in [0.4, 0.5) is 0 Å². The fourth-order valence-corrected chi connectivity index (χ4v) is 4.57. The maximum atomic E-state index is 12.9. The van der Waals surface area contributed by atoms with Crippen molar-refractivity contribution in [1.82, 2.24) is 9.97 Å². The summed E-state index contributed by atoms with van der Waals surface area (Å²) in [5.41, 5.74) is 4.43. The molecule has 0 fully saturated rings. The standard InChI is InChI=1S/C22H21N3OS/c1-14(21(26)20-12-16-8-5-6-10-18(16)24-20)27-22-17(13-23)11-15-7-3-2-4-9-19(15)25-22/h5-6,8,10-12,14,24H,2-4,7,9H2,1H3. The van der Waals surface area contributed by atoms with E-state index in [1.807, 2.05) is 43.3 Å². The SMILES string of the molecule is CC(Sc1nc2c(cc1C#N)CCCCC2)C(=O)c1cc2ccccc2[nH]1. The van der Waals surface area contributed by atoms with Crippen LogP contribution in [0.25, 0.3) is 10.9 Å². The number of nitriles is 1. The zero-order chi connectivity index (χ0) is 18.8. The van der Waals surface area contributed by atoms with Crippen LogP contribution in [0.1, 0.15) is 53.5 Å². The molecule has 27 heavy (non-hydrogen) atoms. The Bertz CT molecular complexity index is 1010. The normalized spacial score (nSPS) is 15.0. The van der Waals surface area contributed by atoms with Gasteiger partial charge in [0.1, 0.15) is 11.1 Å². The first kappa shape index (κ1) is 17.8. The minimum Gasteiger partial charge on any atom is -0.352 e. The van der Waals surface area contributed by atoms with Crippen LogP contribution in [-0.4, -0.2) is 21.0 Å².